The van der Waals surface area contributed by atoms with Gasteiger partial charge in [0.1, 0.15) is 5.69 Å². The van der Waals surface area contributed by atoms with Gasteiger partial charge in [0.2, 0.25) is 0 Å². The molecule has 0 atom stereocenters. The summed E-state index contributed by atoms with van der Waals surface area (Å²) in [6.07, 6.45) is 3.18. The lowest BCUT2D eigenvalue weighted by Gasteiger charge is -2.07. The molecule has 0 radical (unpaired) electrons. The number of amides is 1. The lowest BCUT2D eigenvalue weighted by atomic mass is 10.3. The van der Waals surface area contributed by atoms with Gasteiger partial charge in [-0.15, -0.1) is 0 Å². The maximum atomic E-state index is 12.0. The first-order valence-electron chi connectivity index (χ1n) is 5.69. The first kappa shape index (κ1) is 12.2. The van der Waals surface area contributed by atoms with Crippen LogP contribution in [0.4, 0.5) is 5.69 Å². The molecule has 0 saturated carbocycles. The highest BCUT2D eigenvalue weighted by Crippen LogP contribution is 2.10. The van der Waals surface area contributed by atoms with Crippen LogP contribution < -0.4 is 11.1 Å². The molecule has 2 aromatic rings. The highest BCUT2D eigenvalue weighted by molar-refractivity contribution is 5.97. The number of aromatic nitrogens is 4. The summed E-state index contributed by atoms with van der Waals surface area (Å²) in [5.41, 5.74) is 7.45. The Morgan fingerprint density at radius 1 is 1.50 bits per heavy atom. The lowest BCUT2D eigenvalue weighted by molar-refractivity contribution is 0.0940. The predicted octanol–water partition coefficient (Wildman–Crippen LogP) is 0.149. The molecule has 96 valence electrons. The van der Waals surface area contributed by atoms with Crippen molar-refractivity contribution in [2.24, 2.45) is 7.05 Å². The summed E-state index contributed by atoms with van der Waals surface area (Å²) >= 11 is 0. The van der Waals surface area contributed by atoms with E-state index in [2.05, 4.69) is 15.5 Å². The van der Waals surface area contributed by atoms with E-state index >= 15 is 0 Å². The highest BCUT2D eigenvalue weighted by atomic mass is 16.2. The molecule has 2 heterocycles. The second kappa shape index (κ2) is 4.91. The van der Waals surface area contributed by atoms with Crippen LogP contribution in [0.25, 0.3) is 0 Å². The molecular weight excluding hydrogens is 232 g/mol. The lowest BCUT2D eigenvalue weighted by Crippen LogP contribution is -2.27. The summed E-state index contributed by atoms with van der Waals surface area (Å²) in [4.78, 5) is 12.0. The van der Waals surface area contributed by atoms with E-state index in [9.17, 15) is 4.79 Å². The van der Waals surface area contributed by atoms with Gasteiger partial charge in [-0.3, -0.25) is 14.2 Å². The zero-order valence-electron chi connectivity index (χ0n) is 10.4. The third kappa shape index (κ3) is 2.20. The molecule has 0 aromatic carbocycles. The second-order valence-corrected chi connectivity index (χ2v) is 3.89. The summed E-state index contributed by atoms with van der Waals surface area (Å²) in [5.74, 6) is -0.229. The number of rotatable bonds is 4. The topological polar surface area (TPSA) is 90.8 Å². The van der Waals surface area contributed by atoms with E-state index in [0.717, 1.165) is 5.69 Å². The van der Waals surface area contributed by atoms with Gasteiger partial charge in [-0.2, -0.15) is 10.2 Å². The summed E-state index contributed by atoms with van der Waals surface area (Å²) < 4.78 is 3.29. The highest BCUT2D eigenvalue weighted by Gasteiger charge is 2.15. The van der Waals surface area contributed by atoms with E-state index in [1.54, 1.807) is 15.6 Å². The standard InChI is InChI=1S/C11H16N6O/c1-3-17-10(9(12)7-15-17)11(18)13-6-8-4-5-14-16(8)2/h4-5,7H,3,6,12H2,1-2H3,(H,13,18). The van der Waals surface area contributed by atoms with Crippen LogP contribution in [-0.4, -0.2) is 25.5 Å². The number of carbonyl (C=O) groups is 1. The monoisotopic (exact) mass is 248 g/mol. The molecular formula is C11H16N6O. The number of hydrogen-bond donors (Lipinski definition) is 2. The van der Waals surface area contributed by atoms with E-state index in [0.29, 0.717) is 24.5 Å². The molecule has 0 bridgehead atoms. The van der Waals surface area contributed by atoms with Crippen LogP contribution in [0.3, 0.4) is 0 Å². The molecule has 2 rings (SSSR count). The van der Waals surface area contributed by atoms with Gasteiger partial charge in [-0.05, 0) is 13.0 Å². The minimum absolute atomic E-state index is 0.229. The Hall–Kier alpha value is -2.31. The van der Waals surface area contributed by atoms with Crippen LogP contribution in [0, 0.1) is 0 Å². The summed E-state index contributed by atoms with van der Waals surface area (Å²) in [5, 5.41) is 10.9. The van der Waals surface area contributed by atoms with Crippen molar-refractivity contribution in [1.29, 1.82) is 0 Å². The Morgan fingerprint density at radius 2 is 2.28 bits per heavy atom. The minimum Gasteiger partial charge on any atom is -0.396 e. The third-order valence-electron chi connectivity index (χ3n) is 2.73. The van der Waals surface area contributed by atoms with Crippen molar-refractivity contribution < 1.29 is 4.79 Å². The number of nitrogens with zero attached hydrogens (tertiary/aromatic N) is 4. The van der Waals surface area contributed by atoms with Gasteiger partial charge >= 0.3 is 0 Å². The van der Waals surface area contributed by atoms with E-state index < -0.39 is 0 Å². The largest absolute Gasteiger partial charge is 0.396 e. The number of anilines is 1. The van der Waals surface area contributed by atoms with Gasteiger partial charge in [0, 0.05) is 19.8 Å². The van der Waals surface area contributed by atoms with E-state index in [1.807, 2.05) is 20.0 Å². The van der Waals surface area contributed by atoms with Crippen molar-refractivity contribution in [1.82, 2.24) is 24.9 Å². The van der Waals surface area contributed by atoms with Gasteiger partial charge in [0.05, 0.1) is 24.1 Å². The van der Waals surface area contributed by atoms with Gasteiger partial charge in [-0.1, -0.05) is 0 Å². The Labute approximate surface area is 105 Å². The third-order valence-corrected chi connectivity index (χ3v) is 2.73. The van der Waals surface area contributed by atoms with Crippen LogP contribution in [0.1, 0.15) is 23.1 Å². The molecule has 1 amide bonds. The number of nitrogens with two attached hydrogens (primary N) is 1. The summed E-state index contributed by atoms with van der Waals surface area (Å²) in [7, 11) is 1.83. The fourth-order valence-corrected chi connectivity index (χ4v) is 1.72. The SMILES string of the molecule is CCn1ncc(N)c1C(=O)NCc1ccnn1C. The van der Waals surface area contributed by atoms with Crippen molar-refractivity contribution in [2.75, 3.05) is 5.73 Å². The Balaban J connectivity index is 2.08. The molecule has 0 aliphatic carbocycles. The minimum atomic E-state index is -0.229. The predicted molar refractivity (Wildman–Crippen MR) is 66.7 cm³/mol. The first-order valence-corrected chi connectivity index (χ1v) is 5.69. The fraction of sp³-hybridized carbons (Fsp3) is 0.364. The van der Waals surface area contributed by atoms with Gasteiger partial charge in [-0.25, -0.2) is 0 Å². The molecule has 0 aliphatic heterocycles. The molecule has 0 aliphatic rings. The zero-order valence-corrected chi connectivity index (χ0v) is 10.4. The summed E-state index contributed by atoms with van der Waals surface area (Å²) in [6, 6.07) is 1.85. The molecule has 0 fully saturated rings. The number of aryl methyl sites for hydroxylation is 2. The number of carbonyl (C=O) groups excluding carboxylic acids is 1. The average Bonchev–Trinajstić information content (AvgIpc) is 2.92. The van der Waals surface area contributed by atoms with Gasteiger partial charge in [0.25, 0.3) is 5.91 Å². The van der Waals surface area contributed by atoms with Crippen LogP contribution in [0.2, 0.25) is 0 Å². The number of nitrogen functional groups attached to an aromatic ring is 1. The molecule has 2 aromatic heterocycles. The van der Waals surface area contributed by atoms with Crippen LogP contribution in [-0.2, 0) is 20.1 Å². The van der Waals surface area contributed by atoms with Gasteiger partial charge < -0.3 is 11.1 Å². The van der Waals surface area contributed by atoms with Crippen molar-refractivity contribution in [2.45, 2.75) is 20.0 Å². The summed E-state index contributed by atoms with van der Waals surface area (Å²) in [6.45, 7) is 2.92. The van der Waals surface area contributed by atoms with Gasteiger partial charge in [0.15, 0.2) is 0 Å². The second-order valence-electron chi connectivity index (χ2n) is 3.89. The average molecular weight is 248 g/mol. The Morgan fingerprint density at radius 3 is 2.89 bits per heavy atom. The number of nitrogens with one attached hydrogen (secondary N) is 1. The van der Waals surface area contributed by atoms with E-state index in [-0.39, 0.29) is 5.91 Å². The van der Waals surface area contributed by atoms with Crippen LogP contribution in [0.15, 0.2) is 18.5 Å². The Bertz CT molecular complexity index is 556. The molecule has 7 nitrogen and oxygen atoms in total. The molecule has 0 unspecified atom stereocenters. The fourth-order valence-electron chi connectivity index (χ4n) is 1.72. The smallest absolute Gasteiger partial charge is 0.272 e. The van der Waals surface area contributed by atoms with Crippen molar-refractivity contribution >= 4 is 11.6 Å². The van der Waals surface area contributed by atoms with Crippen LogP contribution in [0.5, 0.6) is 0 Å². The molecule has 18 heavy (non-hydrogen) atoms. The van der Waals surface area contributed by atoms with Crippen LogP contribution >= 0.6 is 0 Å². The van der Waals surface area contributed by atoms with E-state index in [4.69, 9.17) is 5.73 Å². The van der Waals surface area contributed by atoms with Crippen molar-refractivity contribution in [3.05, 3.63) is 29.8 Å². The normalized spacial score (nSPS) is 10.6. The quantitative estimate of drug-likeness (QED) is 0.805. The Kier molecular flexibility index (Phi) is 3.31. The van der Waals surface area contributed by atoms with Crippen molar-refractivity contribution in [3.8, 4) is 0 Å². The maximum absolute atomic E-state index is 12.0. The molecule has 0 spiro atoms. The van der Waals surface area contributed by atoms with E-state index in [1.165, 1.54) is 6.20 Å². The maximum Gasteiger partial charge on any atom is 0.272 e. The molecule has 0 saturated heterocycles. The first-order chi connectivity index (χ1) is 8.63. The number of hydrogen-bond acceptors (Lipinski definition) is 4. The molecule has 7 heteroatoms. The molecule has 3 N–H and O–H groups in total. The van der Waals surface area contributed by atoms with Crippen molar-refractivity contribution in [3.63, 3.8) is 0 Å². The zero-order chi connectivity index (χ0) is 13.1.